The fraction of sp³-hybridized carbons (Fsp3) is 0.385. The highest BCUT2D eigenvalue weighted by molar-refractivity contribution is 6.03. The van der Waals surface area contributed by atoms with Gasteiger partial charge in [0.05, 0.1) is 17.9 Å². The smallest absolute Gasteiger partial charge is 0.416 e. The lowest BCUT2D eigenvalue weighted by atomic mass is 10.0. The average molecular weight is 287 g/mol. The molecule has 1 atom stereocenters. The van der Waals surface area contributed by atoms with Crippen LogP contribution in [0.25, 0.3) is 0 Å². The van der Waals surface area contributed by atoms with Crippen molar-refractivity contribution in [2.75, 3.05) is 6.61 Å². The predicted molar refractivity (Wildman–Crippen MR) is 64.1 cm³/mol. The van der Waals surface area contributed by atoms with Crippen molar-refractivity contribution in [1.29, 1.82) is 0 Å². The van der Waals surface area contributed by atoms with Gasteiger partial charge in [0, 0.05) is 6.42 Å². The summed E-state index contributed by atoms with van der Waals surface area (Å²) in [5.74, 6) is -0.529. The third-order valence-electron chi connectivity index (χ3n) is 2.76. The molecule has 0 saturated carbocycles. The Hall–Kier alpha value is -2.05. The number of benzene rings is 1. The average Bonchev–Trinajstić information content (AvgIpc) is 2.88. The molecule has 0 aromatic heterocycles. The second kappa shape index (κ2) is 5.52. The van der Waals surface area contributed by atoms with E-state index in [0.717, 1.165) is 12.1 Å². The molecule has 2 rings (SSSR count). The van der Waals surface area contributed by atoms with E-state index in [9.17, 15) is 18.0 Å². The molecule has 0 fully saturated rings. The predicted octanol–water partition coefficient (Wildman–Crippen LogP) is 2.76. The minimum atomic E-state index is -4.38. The normalized spacial score (nSPS) is 18.4. The van der Waals surface area contributed by atoms with Crippen LogP contribution in [0.5, 0.6) is 0 Å². The second-order valence-electron chi connectivity index (χ2n) is 4.16. The van der Waals surface area contributed by atoms with Gasteiger partial charge in [0.25, 0.3) is 0 Å². The van der Waals surface area contributed by atoms with Crippen molar-refractivity contribution in [3.8, 4) is 0 Å². The maximum absolute atomic E-state index is 12.4. The van der Waals surface area contributed by atoms with Gasteiger partial charge in [-0.05, 0) is 24.6 Å². The van der Waals surface area contributed by atoms with Gasteiger partial charge >= 0.3 is 12.1 Å². The minimum absolute atomic E-state index is 0.185. The number of carbonyl (C=O) groups excluding carboxylic acids is 1. The summed E-state index contributed by atoms with van der Waals surface area (Å²) in [5.41, 5.74) is 0.185. The molecule has 0 spiro atoms. The van der Waals surface area contributed by atoms with Gasteiger partial charge in [-0.15, -0.1) is 0 Å². The van der Waals surface area contributed by atoms with Crippen LogP contribution in [0.2, 0.25) is 0 Å². The molecule has 0 amide bonds. The summed E-state index contributed by atoms with van der Waals surface area (Å²) >= 11 is 0. The van der Waals surface area contributed by atoms with Gasteiger partial charge in [-0.25, -0.2) is 4.79 Å². The zero-order valence-corrected chi connectivity index (χ0v) is 10.6. The van der Waals surface area contributed by atoms with Crippen LogP contribution < -0.4 is 0 Å². The van der Waals surface area contributed by atoms with Crippen LogP contribution >= 0.6 is 0 Å². The van der Waals surface area contributed by atoms with Crippen molar-refractivity contribution in [3.05, 3.63) is 35.4 Å². The molecule has 0 aliphatic carbocycles. The number of alkyl halides is 3. The lowest BCUT2D eigenvalue weighted by Gasteiger charge is -2.07. The Kier molecular flexibility index (Phi) is 3.96. The molecule has 108 valence electrons. The number of esters is 1. The number of carbonyl (C=O) groups is 1. The van der Waals surface area contributed by atoms with E-state index < -0.39 is 23.8 Å². The highest BCUT2D eigenvalue weighted by Gasteiger charge is 2.32. The molecule has 0 N–H and O–H groups in total. The Bertz CT molecular complexity index is 523. The molecule has 1 aromatic rings. The quantitative estimate of drug-likeness (QED) is 0.803. The Balaban J connectivity index is 2.05. The van der Waals surface area contributed by atoms with Crippen molar-refractivity contribution in [2.24, 2.45) is 5.16 Å². The maximum atomic E-state index is 12.4. The van der Waals surface area contributed by atoms with Crippen LogP contribution in [-0.4, -0.2) is 24.4 Å². The summed E-state index contributed by atoms with van der Waals surface area (Å²) in [6.07, 6.45) is -5.02. The molecule has 7 heteroatoms. The standard InChI is InChI=1S/C13H12F3NO3/c1-2-19-12(18)11-7-10(17-20-11)8-3-5-9(6-4-8)13(14,15)16/h3-6,11H,2,7H2,1H3/t11-/m1/s1. The van der Waals surface area contributed by atoms with Crippen LogP contribution in [0.1, 0.15) is 24.5 Å². The molecule has 0 unspecified atom stereocenters. The molecule has 1 aromatic carbocycles. The molecule has 1 heterocycles. The molecule has 20 heavy (non-hydrogen) atoms. The number of halogens is 3. The summed E-state index contributed by atoms with van der Waals surface area (Å²) in [5, 5.41) is 3.72. The molecule has 0 radical (unpaired) electrons. The summed E-state index contributed by atoms with van der Waals surface area (Å²) in [7, 11) is 0. The first-order chi connectivity index (χ1) is 9.41. The van der Waals surface area contributed by atoms with Crippen molar-refractivity contribution >= 4 is 11.7 Å². The SMILES string of the molecule is CCOC(=O)[C@H]1CC(c2ccc(C(F)(F)F)cc2)=NO1. The molecule has 0 saturated heterocycles. The van der Waals surface area contributed by atoms with Crippen LogP contribution in [0, 0.1) is 0 Å². The fourth-order valence-corrected chi connectivity index (χ4v) is 1.76. The van der Waals surface area contributed by atoms with E-state index in [1.54, 1.807) is 6.92 Å². The van der Waals surface area contributed by atoms with Crippen LogP contribution in [0.4, 0.5) is 13.2 Å². The topological polar surface area (TPSA) is 47.9 Å². The van der Waals surface area contributed by atoms with Gasteiger partial charge in [-0.3, -0.25) is 0 Å². The third-order valence-corrected chi connectivity index (χ3v) is 2.76. The van der Waals surface area contributed by atoms with E-state index in [2.05, 4.69) is 5.16 Å². The minimum Gasteiger partial charge on any atom is -0.463 e. The van der Waals surface area contributed by atoms with Crippen LogP contribution in [0.3, 0.4) is 0 Å². The second-order valence-corrected chi connectivity index (χ2v) is 4.16. The van der Waals surface area contributed by atoms with E-state index in [0.29, 0.717) is 11.3 Å². The number of hydrogen-bond acceptors (Lipinski definition) is 4. The fourth-order valence-electron chi connectivity index (χ4n) is 1.76. The van der Waals surface area contributed by atoms with Gasteiger partial charge in [0.1, 0.15) is 0 Å². The van der Waals surface area contributed by atoms with Crippen molar-refractivity contribution in [1.82, 2.24) is 0 Å². The largest absolute Gasteiger partial charge is 0.463 e. The Morgan fingerprint density at radius 2 is 2.05 bits per heavy atom. The molecule has 1 aliphatic rings. The van der Waals surface area contributed by atoms with Crippen molar-refractivity contribution in [2.45, 2.75) is 25.6 Å². The number of rotatable bonds is 3. The molecular weight excluding hydrogens is 275 g/mol. The third kappa shape index (κ3) is 3.09. The van der Waals surface area contributed by atoms with Gasteiger partial charge in [0.2, 0.25) is 6.10 Å². The number of hydrogen-bond donors (Lipinski definition) is 0. The van der Waals surface area contributed by atoms with E-state index >= 15 is 0 Å². The van der Waals surface area contributed by atoms with Gasteiger partial charge in [-0.1, -0.05) is 17.3 Å². The number of nitrogens with zero attached hydrogens (tertiary/aromatic N) is 1. The first-order valence-electron chi connectivity index (χ1n) is 5.98. The Morgan fingerprint density at radius 1 is 1.40 bits per heavy atom. The van der Waals surface area contributed by atoms with Crippen molar-refractivity contribution < 1.29 is 27.5 Å². The van der Waals surface area contributed by atoms with Gasteiger partial charge in [0.15, 0.2) is 0 Å². The molecular formula is C13H12F3NO3. The van der Waals surface area contributed by atoms with Crippen LogP contribution in [-0.2, 0) is 20.5 Å². The highest BCUT2D eigenvalue weighted by atomic mass is 19.4. The maximum Gasteiger partial charge on any atom is 0.416 e. The van der Waals surface area contributed by atoms with E-state index in [4.69, 9.17) is 9.57 Å². The van der Waals surface area contributed by atoms with Gasteiger partial charge < -0.3 is 9.57 Å². The Morgan fingerprint density at radius 3 is 2.60 bits per heavy atom. The van der Waals surface area contributed by atoms with Gasteiger partial charge in [-0.2, -0.15) is 13.2 Å². The monoisotopic (exact) mass is 287 g/mol. The summed E-state index contributed by atoms with van der Waals surface area (Å²) < 4.78 is 42.1. The highest BCUT2D eigenvalue weighted by Crippen LogP contribution is 2.29. The summed E-state index contributed by atoms with van der Waals surface area (Å²) in [6, 6.07) is 4.54. The first-order valence-corrected chi connectivity index (χ1v) is 5.98. The van der Waals surface area contributed by atoms with Crippen LogP contribution in [0.15, 0.2) is 29.4 Å². The van der Waals surface area contributed by atoms with Crippen molar-refractivity contribution in [3.63, 3.8) is 0 Å². The first kappa shape index (κ1) is 14.4. The molecule has 4 nitrogen and oxygen atoms in total. The summed E-state index contributed by atoms with van der Waals surface area (Å²) in [6.45, 7) is 1.90. The zero-order valence-electron chi connectivity index (χ0n) is 10.6. The van der Waals surface area contributed by atoms with E-state index in [-0.39, 0.29) is 13.0 Å². The Labute approximate surface area is 113 Å². The van der Waals surface area contributed by atoms with E-state index in [1.165, 1.54) is 12.1 Å². The zero-order chi connectivity index (χ0) is 14.8. The summed E-state index contributed by atoms with van der Waals surface area (Å²) in [4.78, 5) is 16.4. The lowest BCUT2D eigenvalue weighted by Crippen LogP contribution is -2.23. The van der Waals surface area contributed by atoms with E-state index in [1.807, 2.05) is 0 Å². The molecule has 1 aliphatic heterocycles. The number of oxime groups is 1. The molecule has 0 bridgehead atoms. The number of ether oxygens (including phenoxy) is 1. The lowest BCUT2D eigenvalue weighted by molar-refractivity contribution is -0.154.